The third-order valence-corrected chi connectivity index (χ3v) is 9.13. The van der Waals surface area contributed by atoms with E-state index in [1.54, 1.807) is 154 Å². The van der Waals surface area contributed by atoms with Crippen LogP contribution in [0, 0.1) is 44.2 Å². The number of aliphatic hydroxyl groups excluding tert-OH is 3. The van der Waals surface area contributed by atoms with Gasteiger partial charge in [-0.05, 0) is 65.9 Å². The number of aldehydes is 2. The van der Waals surface area contributed by atoms with Crippen LogP contribution in [-0.2, 0) is 46.3 Å². The number of hydrogen-bond donors (Lipinski definition) is 5. The van der Waals surface area contributed by atoms with E-state index in [1.165, 1.54) is 19.1 Å². The molecule has 0 radical (unpaired) electrons. The van der Waals surface area contributed by atoms with E-state index in [0.29, 0.717) is 47.2 Å². The molecule has 0 saturated carbocycles. The number of hydrogen-bond acceptors (Lipinski definition) is 15. The second-order valence-electron chi connectivity index (χ2n) is 15.0. The molecule has 0 aliphatic rings. The molecule has 0 heterocycles. The van der Waals surface area contributed by atoms with E-state index in [2.05, 4.69) is 41.4 Å². The number of carbonyl (C=O) groups is 4. The first-order valence-electron chi connectivity index (χ1n) is 25.2. The van der Waals surface area contributed by atoms with E-state index < -0.39 is 14.8 Å². The number of benzene rings is 6. The van der Waals surface area contributed by atoms with Crippen LogP contribution in [0.2, 0.25) is 0 Å². The Kier molecular flexibility index (Phi) is 67.3. The molecule has 471 valence electrons. The molecule has 22 heteroatoms. The van der Waals surface area contributed by atoms with Gasteiger partial charge in [0.2, 0.25) is 0 Å². The van der Waals surface area contributed by atoms with Gasteiger partial charge in [-0.15, -0.1) is 12.4 Å². The Labute approximate surface area is 539 Å². The van der Waals surface area contributed by atoms with Gasteiger partial charge in [-0.3, -0.25) is 9.59 Å². The van der Waals surface area contributed by atoms with Crippen LogP contribution in [0.25, 0.3) is 54.6 Å². The van der Waals surface area contributed by atoms with Crippen molar-refractivity contribution < 1.29 is 76.4 Å². The number of nitrogens with zero attached hydrogens (tertiary/aromatic N) is 6. The Balaban J connectivity index is -0.000000225. The fourth-order valence-electron chi connectivity index (χ4n) is 5.25. The first-order valence-corrected chi connectivity index (χ1v) is 26.2. The number of ether oxygens (including phenoxy) is 3. The van der Waals surface area contributed by atoms with E-state index >= 15 is 0 Å². The Hall–Kier alpha value is -11.0. The molecule has 90 heavy (non-hydrogen) atoms. The number of allylic oxidation sites excluding steroid dienone is 1. The Morgan fingerprint density at radius 3 is 1.01 bits per heavy atom. The zero-order valence-corrected chi connectivity index (χ0v) is 51.1. The van der Waals surface area contributed by atoms with E-state index in [-0.39, 0.29) is 51.6 Å². The monoisotopic (exact) mass is 1280 g/mol. The molecule has 0 unspecified atom stereocenters. The Bertz CT molecular complexity index is 3280. The van der Waals surface area contributed by atoms with Gasteiger partial charge in [-0.25, -0.2) is 39.7 Å². The topological polar surface area (TPSA) is 283 Å². The van der Waals surface area contributed by atoms with Crippen molar-refractivity contribution in [3.63, 3.8) is 0 Å². The quantitative estimate of drug-likeness (QED) is 0.0160. The fraction of sp³-hybridized carbons (Fsp3) is 0.147. The molecule has 6 aromatic rings. The summed E-state index contributed by atoms with van der Waals surface area (Å²) in [6, 6.07) is 44.3. The average Bonchev–Trinajstić information content (AvgIpc) is 3.79. The van der Waals surface area contributed by atoms with Crippen molar-refractivity contribution >= 4 is 95.7 Å². The number of halogens is 1. The second kappa shape index (κ2) is 67.1. The molecule has 0 fully saturated rings. The number of esters is 2. The van der Waals surface area contributed by atoms with Crippen LogP contribution in [0.3, 0.4) is 0 Å². The third-order valence-electron chi connectivity index (χ3n) is 9.13. The van der Waals surface area contributed by atoms with E-state index in [0.717, 1.165) is 52.2 Å². The van der Waals surface area contributed by atoms with Gasteiger partial charge >= 0.3 is 34.4 Å². The summed E-state index contributed by atoms with van der Waals surface area (Å²) < 4.78 is 31.0. The fourth-order valence-corrected chi connectivity index (χ4v) is 5.25. The van der Waals surface area contributed by atoms with Gasteiger partial charge in [0, 0.05) is 24.6 Å². The summed E-state index contributed by atoms with van der Waals surface area (Å²) in [5.74, 6) is 3.63. The molecule has 0 bridgehead atoms. The van der Waals surface area contributed by atoms with Crippen molar-refractivity contribution in [2.75, 3.05) is 40.1 Å². The molecule has 0 aromatic heterocycles. The molecule has 6 N–H and O–H groups in total. The zero-order chi connectivity index (χ0) is 66.9. The Morgan fingerprint density at radius 1 is 0.533 bits per heavy atom. The summed E-state index contributed by atoms with van der Waals surface area (Å²) in [5, 5.41) is 39.3. The summed E-state index contributed by atoms with van der Waals surface area (Å²) in [7, 11) is 1.64. The second-order valence-corrected chi connectivity index (χ2v) is 15.2. The third kappa shape index (κ3) is 52.5. The van der Waals surface area contributed by atoms with Crippen molar-refractivity contribution in [1.82, 2.24) is 0 Å². The first kappa shape index (κ1) is 90.2. The number of methoxy groups -OCH3 is 1. The van der Waals surface area contributed by atoms with Gasteiger partial charge < -0.3 is 34.7 Å². The number of aliphatic hydroxyl groups is 3. The maximum absolute atomic E-state index is 11.0. The molecular formula is C68H72ClMnN7O13. The molecule has 6 rings (SSSR count). The van der Waals surface area contributed by atoms with E-state index in [1.807, 2.05) is 66.8 Å². The van der Waals surface area contributed by atoms with Crippen LogP contribution in [0.1, 0.15) is 66.4 Å². The summed E-state index contributed by atoms with van der Waals surface area (Å²) in [4.78, 5) is 57.4. The van der Waals surface area contributed by atoms with Crippen LogP contribution in [-0.4, -0.2) is 85.2 Å². The molecule has 0 aliphatic carbocycles. The minimum absolute atomic E-state index is 0. The van der Waals surface area contributed by atoms with E-state index in [9.17, 15) is 19.2 Å². The van der Waals surface area contributed by atoms with Crippen LogP contribution >= 0.6 is 12.4 Å². The van der Waals surface area contributed by atoms with Crippen LogP contribution in [0.4, 0.5) is 28.4 Å². The van der Waals surface area contributed by atoms with Crippen LogP contribution in [0.5, 0.6) is 5.75 Å². The van der Waals surface area contributed by atoms with Crippen LogP contribution < -0.4 is 10.6 Å². The van der Waals surface area contributed by atoms with Crippen molar-refractivity contribution in [1.29, 1.82) is 5.26 Å². The Morgan fingerprint density at radius 2 is 0.789 bits per heavy atom. The number of carbonyl (C=O) groups excluding carboxylic acids is 4. The molecule has 0 aliphatic heterocycles. The number of rotatable bonds is 15. The first-order chi connectivity index (χ1) is 42.7. The molecule has 0 amide bonds. The predicted octanol–water partition coefficient (Wildman–Crippen LogP) is 14.9. The molecule has 0 saturated heterocycles. The number of nitrogens with two attached hydrogens (primary N) is 1. The molecule has 20 nitrogen and oxygen atoms in total. The van der Waals surface area contributed by atoms with Crippen molar-refractivity contribution in [2.45, 2.75) is 28.2 Å². The van der Waals surface area contributed by atoms with Gasteiger partial charge in [-0.2, -0.15) is 5.26 Å². The maximum atomic E-state index is 11.0. The summed E-state index contributed by atoms with van der Waals surface area (Å²) >= 11 is -1.44. The van der Waals surface area contributed by atoms with Gasteiger partial charge in [0.25, 0.3) is 0 Å². The minimum atomic E-state index is -1.44. The molecule has 0 atom stereocenters. The predicted molar refractivity (Wildman–Crippen MR) is 350 cm³/mol. The SMILES string of the molecule is C.C=CC(=O)OCC.CC#N.COc1ccc(/C=C/CO)cc1.Cl.NO.[C-]#[N+]c1ccc(/C=C/C(=O)OCC)cc1.[C-]#[N+]c1ccc(/C=C/C=O)cc1.[C-]#[N+]c1ccc(/C=C/CO)cc1.[C-]#[N+]c1ccc(/C=C/CO)cc1.[C-]#[N+]c1ccc(C=O)cc1.[O]=[Mn]=[O]. The average molecular weight is 1290 g/mol. The van der Waals surface area contributed by atoms with Crippen molar-refractivity contribution in [2.24, 2.45) is 5.90 Å². The zero-order valence-electron chi connectivity index (χ0n) is 49.1. The van der Waals surface area contributed by atoms with Crippen molar-refractivity contribution in [3.05, 3.63) is 279 Å². The molecular weight excluding hydrogens is 1210 g/mol. The van der Waals surface area contributed by atoms with Gasteiger partial charge in [0.1, 0.15) is 18.3 Å². The van der Waals surface area contributed by atoms with Gasteiger partial charge in [0.15, 0.2) is 28.4 Å². The van der Waals surface area contributed by atoms with E-state index in [4.69, 9.17) is 75.8 Å². The summed E-state index contributed by atoms with van der Waals surface area (Å²) in [6.07, 6.45) is 19.3. The number of nitriles is 1. The van der Waals surface area contributed by atoms with Crippen LogP contribution in [0.15, 0.2) is 189 Å². The van der Waals surface area contributed by atoms with Gasteiger partial charge in [0.05, 0.1) is 79.1 Å². The summed E-state index contributed by atoms with van der Waals surface area (Å²) in [6.45, 7) is 42.6. The molecule has 0 spiro atoms. The normalized spacial score (nSPS) is 8.79. The summed E-state index contributed by atoms with van der Waals surface area (Å²) in [5.41, 5.74) is 8.48. The standard InChI is InChI=1S/C12H11NO2.2C10H9NO.C10H7NO.C10H12O2.C8H5NO.C5H8O2.C2H3N.CH4.ClH.Mn.H3NO.2O/c1-3-15-12(14)9-6-10-4-7-11(13-2)8-5-10;3*1-11-10-6-4-9(5-7-10)3-2-8-12;1-12-10-6-4-9(5-7-10)3-2-8-11;1-9-8-4-2-7(6-10)3-5-8;1-3-5(6)7-4-2;1-2-3;;;;1-2;;/h4-9H,3H2,1H3;2*2-7,12H,8H2;2-8H;2-7,11H,8H2,1H3;2-6H;3H,1,4H2,2H3;1H3;1H4;1H;;2H,1H2;;/b9-6+;4*3-2+;;;;;;;;;. The van der Waals surface area contributed by atoms with Crippen molar-refractivity contribution in [3.8, 4) is 11.8 Å². The molecule has 6 aromatic carbocycles. The van der Waals surface area contributed by atoms with Gasteiger partial charge in [-0.1, -0.05) is 190 Å².